The second kappa shape index (κ2) is 11.0. The molecule has 0 spiro atoms. The second-order valence-electron chi connectivity index (χ2n) is 5.78. The molecule has 0 fully saturated rings. The number of nitrogens with one attached hydrogen (secondary N) is 1. The van der Waals surface area contributed by atoms with Crippen LogP contribution in [0.1, 0.15) is 12.5 Å². The molecule has 2 aromatic rings. The average molecular weight is 404 g/mol. The van der Waals surface area contributed by atoms with Crippen LogP contribution in [0.25, 0.3) is 6.08 Å². The molecule has 0 aliphatic rings. The lowest BCUT2D eigenvalue weighted by atomic mass is 10.2. The number of hydrogen-bond donors (Lipinski definition) is 1. The predicted molar refractivity (Wildman–Crippen MR) is 108 cm³/mol. The lowest BCUT2D eigenvalue weighted by molar-refractivity contribution is -0.147. The summed E-state index contributed by atoms with van der Waals surface area (Å²) in [5.74, 6) is 0.309. The number of hydrogen-bond acceptors (Lipinski definition) is 5. The summed E-state index contributed by atoms with van der Waals surface area (Å²) in [5, 5.41) is 3.04. The zero-order valence-corrected chi connectivity index (χ0v) is 16.4. The summed E-state index contributed by atoms with van der Waals surface area (Å²) in [4.78, 5) is 23.9. The Labute approximate surface area is 169 Å². The molecule has 0 saturated heterocycles. The zero-order chi connectivity index (χ0) is 20.4. The van der Waals surface area contributed by atoms with Gasteiger partial charge in [-0.05, 0) is 42.8 Å². The van der Waals surface area contributed by atoms with Gasteiger partial charge < -0.3 is 19.5 Å². The van der Waals surface area contributed by atoms with Crippen molar-refractivity contribution < 1.29 is 23.8 Å². The van der Waals surface area contributed by atoms with Crippen LogP contribution in [-0.4, -0.2) is 38.2 Å². The number of ether oxygens (including phenoxy) is 3. The van der Waals surface area contributed by atoms with E-state index in [2.05, 4.69) is 5.32 Å². The smallest absolute Gasteiger partial charge is 0.328 e. The summed E-state index contributed by atoms with van der Waals surface area (Å²) < 4.78 is 15.6. The summed E-state index contributed by atoms with van der Waals surface area (Å²) in [6.07, 6.45) is 3.00. The molecule has 1 atom stereocenters. The standard InChI is InChI=1S/C21H22ClNO5/c1-15(21(25)28-14-13-27-19-6-4-3-5-18(19)22)23-20(24)12-9-16-7-10-17(26-2)11-8-16/h3-12,15H,13-14H2,1-2H3,(H,23,24)/b12-9+/t15-/m0/s1. The third-order valence-electron chi connectivity index (χ3n) is 3.68. The Morgan fingerprint density at radius 3 is 2.50 bits per heavy atom. The van der Waals surface area contributed by atoms with Gasteiger partial charge in [0.15, 0.2) is 0 Å². The highest BCUT2D eigenvalue weighted by Crippen LogP contribution is 2.22. The van der Waals surface area contributed by atoms with Crippen molar-refractivity contribution in [3.63, 3.8) is 0 Å². The lowest BCUT2D eigenvalue weighted by Gasteiger charge is -2.13. The largest absolute Gasteiger partial charge is 0.497 e. The van der Waals surface area contributed by atoms with Gasteiger partial charge in [-0.1, -0.05) is 35.9 Å². The minimum absolute atomic E-state index is 0.0476. The van der Waals surface area contributed by atoms with E-state index in [0.29, 0.717) is 10.8 Å². The number of amides is 1. The Kier molecular flexibility index (Phi) is 8.37. The molecule has 28 heavy (non-hydrogen) atoms. The van der Waals surface area contributed by atoms with Crippen molar-refractivity contribution in [1.29, 1.82) is 0 Å². The molecule has 0 bridgehead atoms. The molecule has 0 saturated carbocycles. The topological polar surface area (TPSA) is 73.9 Å². The van der Waals surface area contributed by atoms with Gasteiger partial charge in [-0.25, -0.2) is 4.79 Å². The summed E-state index contributed by atoms with van der Waals surface area (Å²) in [6, 6.07) is 13.5. The van der Waals surface area contributed by atoms with E-state index >= 15 is 0 Å². The number of methoxy groups -OCH3 is 1. The van der Waals surface area contributed by atoms with Gasteiger partial charge in [0.1, 0.15) is 30.8 Å². The van der Waals surface area contributed by atoms with Crippen molar-refractivity contribution in [2.24, 2.45) is 0 Å². The summed E-state index contributed by atoms with van der Waals surface area (Å²) in [5.41, 5.74) is 0.836. The predicted octanol–water partition coefficient (Wildman–Crippen LogP) is 3.49. The summed E-state index contributed by atoms with van der Waals surface area (Å²) in [6.45, 7) is 1.76. The molecule has 0 aliphatic heterocycles. The first-order valence-electron chi connectivity index (χ1n) is 8.66. The summed E-state index contributed by atoms with van der Waals surface area (Å²) in [7, 11) is 1.59. The van der Waals surface area contributed by atoms with Crippen molar-refractivity contribution in [3.8, 4) is 11.5 Å². The molecule has 0 unspecified atom stereocenters. The normalized spacial score (nSPS) is 11.7. The Morgan fingerprint density at radius 1 is 1.11 bits per heavy atom. The maximum Gasteiger partial charge on any atom is 0.328 e. The molecule has 1 N–H and O–H groups in total. The number of rotatable bonds is 9. The molecule has 2 aromatic carbocycles. The summed E-state index contributed by atoms with van der Waals surface area (Å²) >= 11 is 5.97. The molecule has 0 aliphatic carbocycles. The Balaban J connectivity index is 1.71. The van der Waals surface area contributed by atoms with Crippen LogP contribution in [-0.2, 0) is 14.3 Å². The first-order valence-corrected chi connectivity index (χ1v) is 9.04. The molecular weight excluding hydrogens is 382 g/mol. The van der Waals surface area contributed by atoms with E-state index in [1.54, 1.807) is 56.5 Å². The van der Waals surface area contributed by atoms with E-state index in [1.807, 2.05) is 12.1 Å². The van der Waals surface area contributed by atoms with Crippen LogP contribution in [0, 0.1) is 0 Å². The van der Waals surface area contributed by atoms with Gasteiger partial charge in [0.25, 0.3) is 0 Å². The van der Waals surface area contributed by atoms with Crippen LogP contribution in [0.2, 0.25) is 5.02 Å². The average Bonchev–Trinajstić information content (AvgIpc) is 2.71. The van der Waals surface area contributed by atoms with Crippen molar-refractivity contribution in [2.45, 2.75) is 13.0 Å². The minimum atomic E-state index is -0.784. The highest BCUT2D eigenvalue weighted by molar-refractivity contribution is 6.32. The van der Waals surface area contributed by atoms with Crippen molar-refractivity contribution >= 4 is 29.6 Å². The molecule has 1 amide bonds. The number of esters is 1. The number of carbonyl (C=O) groups is 2. The van der Waals surface area contributed by atoms with Gasteiger partial charge in [-0.2, -0.15) is 0 Å². The first kappa shape index (κ1) is 21.3. The molecular formula is C21H22ClNO5. The van der Waals surface area contributed by atoms with Crippen LogP contribution in [0.5, 0.6) is 11.5 Å². The molecule has 2 rings (SSSR count). The molecule has 7 heteroatoms. The van der Waals surface area contributed by atoms with Gasteiger partial charge in [-0.3, -0.25) is 4.79 Å². The molecule has 148 valence electrons. The van der Waals surface area contributed by atoms with Gasteiger partial charge >= 0.3 is 5.97 Å². The van der Waals surface area contributed by atoms with Gasteiger partial charge in [0.05, 0.1) is 12.1 Å². The Hall–Kier alpha value is -2.99. The lowest BCUT2D eigenvalue weighted by Crippen LogP contribution is -2.39. The molecule has 0 radical (unpaired) electrons. The fraction of sp³-hybridized carbons (Fsp3) is 0.238. The van der Waals surface area contributed by atoms with E-state index in [1.165, 1.54) is 6.08 Å². The number of para-hydroxylation sites is 1. The van der Waals surface area contributed by atoms with Crippen LogP contribution in [0.3, 0.4) is 0 Å². The van der Waals surface area contributed by atoms with Crippen LogP contribution >= 0.6 is 11.6 Å². The molecule has 6 nitrogen and oxygen atoms in total. The number of benzene rings is 2. The Morgan fingerprint density at radius 2 is 1.82 bits per heavy atom. The highest BCUT2D eigenvalue weighted by Gasteiger charge is 2.15. The fourth-order valence-corrected chi connectivity index (χ4v) is 2.38. The van der Waals surface area contributed by atoms with Gasteiger partial charge in [0, 0.05) is 6.08 Å². The second-order valence-corrected chi connectivity index (χ2v) is 6.19. The van der Waals surface area contributed by atoms with E-state index in [9.17, 15) is 9.59 Å². The molecule has 0 aromatic heterocycles. The number of halogens is 1. The van der Waals surface area contributed by atoms with Crippen molar-refractivity contribution in [2.75, 3.05) is 20.3 Å². The zero-order valence-electron chi connectivity index (χ0n) is 15.7. The van der Waals surface area contributed by atoms with E-state index < -0.39 is 17.9 Å². The van der Waals surface area contributed by atoms with E-state index in [-0.39, 0.29) is 13.2 Å². The van der Waals surface area contributed by atoms with E-state index in [0.717, 1.165) is 11.3 Å². The quantitative estimate of drug-likeness (QED) is 0.394. The van der Waals surface area contributed by atoms with Gasteiger partial charge in [0.2, 0.25) is 5.91 Å². The number of carbonyl (C=O) groups excluding carboxylic acids is 2. The van der Waals surface area contributed by atoms with Gasteiger partial charge in [-0.15, -0.1) is 0 Å². The Bertz CT molecular complexity index is 820. The maximum absolute atomic E-state index is 11.9. The van der Waals surface area contributed by atoms with Crippen molar-refractivity contribution in [3.05, 3.63) is 65.2 Å². The maximum atomic E-state index is 11.9. The van der Waals surface area contributed by atoms with Crippen molar-refractivity contribution in [1.82, 2.24) is 5.32 Å². The third-order valence-corrected chi connectivity index (χ3v) is 3.99. The first-order chi connectivity index (χ1) is 13.5. The molecule has 0 heterocycles. The van der Waals surface area contributed by atoms with Crippen LogP contribution in [0.15, 0.2) is 54.6 Å². The van der Waals surface area contributed by atoms with Crippen LogP contribution < -0.4 is 14.8 Å². The monoisotopic (exact) mass is 403 g/mol. The highest BCUT2D eigenvalue weighted by atomic mass is 35.5. The van der Waals surface area contributed by atoms with Crippen LogP contribution in [0.4, 0.5) is 0 Å². The fourth-order valence-electron chi connectivity index (χ4n) is 2.19. The third kappa shape index (κ3) is 6.96. The SMILES string of the molecule is COc1ccc(/C=C/C(=O)N[C@@H](C)C(=O)OCCOc2ccccc2Cl)cc1. The minimum Gasteiger partial charge on any atom is -0.497 e. The van der Waals surface area contributed by atoms with E-state index in [4.69, 9.17) is 25.8 Å².